The summed E-state index contributed by atoms with van der Waals surface area (Å²) >= 11 is 0. The Bertz CT molecular complexity index is 1330. The summed E-state index contributed by atoms with van der Waals surface area (Å²) in [5.41, 5.74) is -3.07. The third kappa shape index (κ3) is 6.04. The number of benzene rings is 3. The van der Waals surface area contributed by atoms with Gasteiger partial charge >= 0.3 is 6.11 Å². The fourth-order valence-electron chi connectivity index (χ4n) is 4.27. The molecule has 0 bridgehead atoms. The van der Waals surface area contributed by atoms with Crippen LogP contribution in [0.1, 0.15) is 49.2 Å². The van der Waals surface area contributed by atoms with Gasteiger partial charge in [0.25, 0.3) is 0 Å². The normalized spacial score (nSPS) is 17.9. The second-order valence-corrected chi connectivity index (χ2v) is 9.29. The molecule has 1 heterocycles. The standard InChI is InChI=1S/C28H24F8O3/c1-3-4-5-15-12-37-27(38-13-15)16-6-7-18(19(29)8-16)17-9-20(30)24(21(31)10-17)28(35,36)39-23-11-22(32)26(34)25(33)14(23)2/h6-11,15,27H,3-5,12-13H2,1-2H3. The van der Waals surface area contributed by atoms with Crippen LogP contribution in [0.15, 0.2) is 36.4 Å². The highest BCUT2D eigenvalue weighted by Gasteiger charge is 2.42. The van der Waals surface area contributed by atoms with Gasteiger partial charge < -0.3 is 14.2 Å². The Morgan fingerprint density at radius 2 is 1.49 bits per heavy atom. The molecule has 0 amide bonds. The maximum Gasteiger partial charge on any atom is 0.432 e. The van der Waals surface area contributed by atoms with Crippen LogP contribution in [-0.4, -0.2) is 13.2 Å². The van der Waals surface area contributed by atoms with Crippen LogP contribution in [0.25, 0.3) is 11.1 Å². The van der Waals surface area contributed by atoms with Gasteiger partial charge in [-0.1, -0.05) is 31.9 Å². The van der Waals surface area contributed by atoms with E-state index < -0.39 is 69.7 Å². The lowest BCUT2D eigenvalue weighted by molar-refractivity contribution is -0.206. The van der Waals surface area contributed by atoms with E-state index in [-0.39, 0.29) is 17.5 Å². The molecule has 210 valence electrons. The van der Waals surface area contributed by atoms with Gasteiger partial charge in [0.15, 0.2) is 23.7 Å². The molecule has 4 rings (SSSR count). The summed E-state index contributed by atoms with van der Waals surface area (Å²) in [6.45, 7) is 3.75. The molecule has 0 unspecified atom stereocenters. The maximum absolute atomic E-state index is 14.9. The predicted molar refractivity (Wildman–Crippen MR) is 125 cm³/mol. The quantitative estimate of drug-likeness (QED) is 0.204. The molecule has 0 spiro atoms. The van der Waals surface area contributed by atoms with E-state index in [0.717, 1.165) is 32.3 Å². The van der Waals surface area contributed by atoms with Crippen LogP contribution >= 0.6 is 0 Å². The summed E-state index contributed by atoms with van der Waals surface area (Å²) in [5.74, 6) is -11.0. The van der Waals surface area contributed by atoms with Gasteiger partial charge in [-0.15, -0.1) is 0 Å². The first-order valence-corrected chi connectivity index (χ1v) is 12.2. The van der Waals surface area contributed by atoms with Crippen LogP contribution in [0.3, 0.4) is 0 Å². The van der Waals surface area contributed by atoms with E-state index in [2.05, 4.69) is 11.7 Å². The fraction of sp³-hybridized carbons (Fsp3) is 0.357. The summed E-state index contributed by atoms with van der Waals surface area (Å²) < 4.78 is 130. The summed E-state index contributed by atoms with van der Waals surface area (Å²) in [6, 6.07) is 4.77. The van der Waals surface area contributed by atoms with Gasteiger partial charge in [-0.25, -0.2) is 26.3 Å². The molecule has 3 nitrogen and oxygen atoms in total. The van der Waals surface area contributed by atoms with E-state index in [9.17, 15) is 35.1 Å². The van der Waals surface area contributed by atoms with Crippen molar-refractivity contribution < 1.29 is 49.3 Å². The average Bonchev–Trinajstić information content (AvgIpc) is 2.88. The molecule has 1 aliphatic heterocycles. The van der Waals surface area contributed by atoms with Crippen molar-refractivity contribution in [1.82, 2.24) is 0 Å². The van der Waals surface area contributed by atoms with E-state index in [0.29, 0.717) is 30.9 Å². The molecule has 3 aromatic rings. The third-order valence-electron chi connectivity index (χ3n) is 6.44. The largest absolute Gasteiger partial charge is 0.432 e. The second kappa shape index (κ2) is 11.5. The molecule has 0 atom stereocenters. The Hall–Kier alpha value is -3.18. The number of hydrogen-bond donors (Lipinski definition) is 0. The van der Waals surface area contributed by atoms with Crippen LogP contribution in [0.5, 0.6) is 5.75 Å². The zero-order valence-corrected chi connectivity index (χ0v) is 20.9. The Labute approximate surface area is 219 Å². The molecule has 0 aromatic heterocycles. The van der Waals surface area contributed by atoms with E-state index in [1.54, 1.807) is 0 Å². The Morgan fingerprint density at radius 3 is 2.08 bits per heavy atom. The smallest absolute Gasteiger partial charge is 0.428 e. The summed E-state index contributed by atoms with van der Waals surface area (Å²) in [7, 11) is 0. The lowest BCUT2D eigenvalue weighted by Gasteiger charge is -2.29. The SMILES string of the molecule is CCCCC1COC(c2ccc(-c3cc(F)c(C(F)(F)Oc4cc(F)c(F)c(F)c4C)c(F)c3)c(F)c2)OC1. The van der Waals surface area contributed by atoms with Gasteiger partial charge in [-0.3, -0.25) is 0 Å². The van der Waals surface area contributed by atoms with Crippen LogP contribution in [0.2, 0.25) is 0 Å². The first-order chi connectivity index (χ1) is 18.4. The lowest BCUT2D eigenvalue weighted by Crippen LogP contribution is -2.27. The third-order valence-corrected chi connectivity index (χ3v) is 6.44. The van der Waals surface area contributed by atoms with Gasteiger partial charge in [0.1, 0.15) is 28.8 Å². The van der Waals surface area contributed by atoms with Crippen molar-refractivity contribution >= 4 is 0 Å². The zero-order valence-electron chi connectivity index (χ0n) is 20.9. The van der Waals surface area contributed by atoms with Crippen molar-refractivity contribution in [2.45, 2.75) is 45.5 Å². The van der Waals surface area contributed by atoms with Gasteiger partial charge in [0, 0.05) is 28.7 Å². The monoisotopic (exact) mass is 560 g/mol. The topological polar surface area (TPSA) is 27.7 Å². The van der Waals surface area contributed by atoms with Crippen LogP contribution in [0.4, 0.5) is 35.1 Å². The van der Waals surface area contributed by atoms with Crippen molar-refractivity contribution in [1.29, 1.82) is 0 Å². The van der Waals surface area contributed by atoms with E-state index in [1.165, 1.54) is 12.1 Å². The van der Waals surface area contributed by atoms with Gasteiger partial charge in [0.05, 0.1) is 13.2 Å². The Kier molecular flexibility index (Phi) is 8.51. The number of alkyl halides is 2. The van der Waals surface area contributed by atoms with Crippen molar-refractivity contribution in [2.24, 2.45) is 5.92 Å². The lowest BCUT2D eigenvalue weighted by atomic mass is 9.99. The van der Waals surface area contributed by atoms with Gasteiger partial charge in [0.2, 0.25) is 0 Å². The first-order valence-electron chi connectivity index (χ1n) is 12.2. The predicted octanol–water partition coefficient (Wildman–Crippen LogP) is 8.48. The van der Waals surface area contributed by atoms with E-state index in [4.69, 9.17) is 9.47 Å². The molecule has 3 aromatic carbocycles. The van der Waals surface area contributed by atoms with Crippen molar-refractivity contribution in [3.8, 4) is 16.9 Å². The van der Waals surface area contributed by atoms with Crippen molar-refractivity contribution in [2.75, 3.05) is 13.2 Å². The van der Waals surface area contributed by atoms with Crippen LogP contribution in [0, 0.1) is 47.7 Å². The van der Waals surface area contributed by atoms with Crippen LogP contribution < -0.4 is 4.74 Å². The van der Waals surface area contributed by atoms with Gasteiger partial charge in [-0.2, -0.15) is 8.78 Å². The minimum absolute atomic E-state index is 0.133. The molecular weight excluding hydrogens is 536 g/mol. The highest BCUT2D eigenvalue weighted by Crippen LogP contribution is 2.39. The zero-order chi connectivity index (χ0) is 28.5. The fourth-order valence-corrected chi connectivity index (χ4v) is 4.27. The number of unbranched alkanes of at least 4 members (excludes halogenated alkanes) is 1. The molecule has 1 fully saturated rings. The minimum atomic E-state index is -4.76. The number of rotatable bonds is 8. The molecule has 1 aliphatic rings. The highest BCUT2D eigenvalue weighted by molar-refractivity contribution is 5.65. The molecule has 0 aliphatic carbocycles. The molecule has 39 heavy (non-hydrogen) atoms. The van der Waals surface area contributed by atoms with E-state index >= 15 is 0 Å². The maximum atomic E-state index is 14.9. The highest BCUT2D eigenvalue weighted by atomic mass is 19.3. The number of ether oxygens (including phenoxy) is 3. The molecular formula is C28H24F8O3. The summed E-state index contributed by atoms with van der Waals surface area (Å²) in [4.78, 5) is 0. The van der Waals surface area contributed by atoms with E-state index in [1.807, 2.05) is 0 Å². The van der Waals surface area contributed by atoms with Crippen molar-refractivity contribution in [3.63, 3.8) is 0 Å². The second-order valence-electron chi connectivity index (χ2n) is 9.29. The first kappa shape index (κ1) is 28.8. The molecule has 0 radical (unpaired) electrons. The molecule has 0 N–H and O–H groups in total. The number of halogens is 8. The molecule has 11 heteroatoms. The number of hydrogen-bond acceptors (Lipinski definition) is 3. The molecule has 0 saturated carbocycles. The summed E-state index contributed by atoms with van der Waals surface area (Å²) in [5, 5.41) is 0. The average molecular weight is 560 g/mol. The Balaban J connectivity index is 1.56. The molecule has 1 saturated heterocycles. The van der Waals surface area contributed by atoms with Crippen molar-refractivity contribution in [3.05, 3.63) is 88.0 Å². The Morgan fingerprint density at radius 1 is 0.846 bits per heavy atom. The van der Waals surface area contributed by atoms with Crippen LogP contribution in [-0.2, 0) is 15.6 Å². The minimum Gasteiger partial charge on any atom is -0.428 e. The van der Waals surface area contributed by atoms with Gasteiger partial charge in [-0.05, 0) is 37.1 Å². The summed E-state index contributed by atoms with van der Waals surface area (Å²) in [6.07, 6.45) is -2.60.